The van der Waals surface area contributed by atoms with Crippen LogP contribution in [0.2, 0.25) is 0 Å². The molecular formula is C14H22N2OS. The van der Waals surface area contributed by atoms with Gasteiger partial charge in [-0.2, -0.15) is 0 Å². The summed E-state index contributed by atoms with van der Waals surface area (Å²) in [6, 6.07) is 4.29. The van der Waals surface area contributed by atoms with E-state index in [1.54, 1.807) is 11.3 Å². The summed E-state index contributed by atoms with van der Waals surface area (Å²) in [5, 5.41) is 8.57. The first-order valence-electron chi connectivity index (χ1n) is 6.64. The molecular weight excluding hydrogens is 244 g/mol. The van der Waals surface area contributed by atoms with Crippen LogP contribution in [0.25, 0.3) is 0 Å². The smallest absolute Gasteiger partial charge is 0.225 e. The summed E-state index contributed by atoms with van der Waals surface area (Å²) in [6.07, 6.45) is 0. The fraction of sp³-hybridized carbons (Fsp3) is 0.643. The van der Waals surface area contributed by atoms with Crippen molar-refractivity contribution < 1.29 is 4.79 Å². The molecule has 2 N–H and O–H groups in total. The van der Waals surface area contributed by atoms with Crippen LogP contribution in [0.5, 0.6) is 0 Å². The molecule has 0 radical (unpaired) electrons. The highest BCUT2D eigenvalue weighted by Gasteiger charge is 2.31. The molecule has 1 saturated heterocycles. The van der Waals surface area contributed by atoms with Crippen molar-refractivity contribution >= 4 is 17.2 Å². The number of amides is 1. The maximum Gasteiger partial charge on any atom is 0.225 e. The van der Waals surface area contributed by atoms with Gasteiger partial charge < -0.3 is 10.6 Å². The monoisotopic (exact) mass is 266 g/mol. The molecule has 0 aromatic carbocycles. The van der Waals surface area contributed by atoms with E-state index in [0.717, 1.165) is 13.1 Å². The van der Waals surface area contributed by atoms with Gasteiger partial charge in [0.1, 0.15) is 0 Å². The third kappa shape index (κ3) is 2.93. The molecule has 1 fully saturated rings. The summed E-state index contributed by atoms with van der Waals surface area (Å²) in [6.45, 7) is 8.20. The minimum absolute atomic E-state index is 0.117. The minimum atomic E-state index is 0.117. The molecule has 1 aromatic heterocycles. The SMILES string of the molecule is CC(C)C(NC(=O)[C@@H]1CNC[C@H]1C)c1cccs1. The first-order valence-corrected chi connectivity index (χ1v) is 7.52. The average molecular weight is 266 g/mol. The van der Waals surface area contributed by atoms with Crippen molar-refractivity contribution in [1.82, 2.24) is 10.6 Å². The van der Waals surface area contributed by atoms with Crippen molar-refractivity contribution in [1.29, 1.82) is 0 Å². The van der Waals surface area contributed by atoms with Gasteiger partial charge in [0, 0.05) is 11.4 Å². The molecule has 2 heterocycles. The van der Waals surface area contributed by atoms with E-state index in [2.05, 4.69) is 42.9 Å². The lowest BCUT2D eigenvalue weighted by molar-refractivity contribution is -0.126. The topological polar surface area (TPSA) is 41.1 Å². The van der Waals surface area contributed by atoms with Crippen molar-refractivity contribution in [2.24, 2.45) is 17.8 Å². The minimum Gasteiger partial charge on any atom is -0.348 e. The maximum atomic E-state index is 12.3. The third-order valence-electron chi connectivity index (χ3n) is 3.67. The Morgan fingerprint density at radius 1 is 1.50 bits per heavy atom. The van der Waals surface area contributed by atoms with Gasteiger partial charge in [-0.3, -0.25) is 4.79 Å². The number of thiophene rings is 1. The Balaban J connectivity index is 2.03. The molecule has 18 heavy (non-hydrogen) atoms. The molecule has 4 heteroatoms. The molecule has 1 amide bonds. The van der Waals surface area contributed by atoms with Gasteiger partial charge in [-0.1, -0.05) is 26.8 Å². The van der Waals surface area contributed by atoms with Crippen molar-refractivity contribution in [3.63, 3.8) is 0 Å². The molecule has 2 rings (SSSR count). The predicted octanol–water partition coefficient (Wildman–Crippen LogP) is 2.42. The van der Waals surface area contributed by atoms with Crippen molar-refractivity contribution in [3.8, 4) is 0 Å². The van der Waals surface area contributed by atoms with Crippen LogP contribution in [-0.4, -0.2) is 19.0 Å². The highest BCUT2D eigenvalue weighted by Crippen LogP contribution is 2.27. The normalized spacial score (nSPS) is 25.3. The van der Waals surface area contributed by atoms with Crippen LogP contribution in [-0.2, 0) is 4.79 Å². The van der Waals surface area contributed by atoms with Gasteiger partial charge in [-0.05, 0) is 29.8 Å². The fourth-order valence-electron chi connectivity index (χ4n) is 2.46. The van der Waals surface area contributed by atoms with E-state index >= 15 is 0 Å². The van der Waals surface area contributed by atoms with E-state index < -0.39 is 0 Å². The first-order chi connectivity index (χ1) is 8.59. The van der Waals surface area contributed by atoms with Gasteiger partial charge in [0.25, 0.3) is 0 Å². The van der Waals surface area contributed by atoms with Crippen LogP contribution >= 0.6 is 11.3 Å². The molecule has 1 aromatic rings. The second kappa shape index (κ2) is 5.85. The largest absolute Gasteiger partial charge is 0.348 e. The number of hydrogen-bond acceptors (Lipinski definition) is 3. The zero-order valence-corrected chi connectivity index (χ0v) is 12.1. The molecule has 1 aliphatic heterocycles. The molecule has 100 valence electrons. The number of hydrogen-bond donors (Lipinski definition) is 2. The van der Waals surface area contributed by atoms with Crippen LogP contribution in [0.4, 0.5) is 0 Å². The fourth-order valence-corrected chi connectivity index (χ4v) is 3.41. The molecule has 1 unspecified atom stereocenters. The lowest BCUT2D eigenvalue weighted by Crippen LogP contribution is -2.38. The van der Waals surface area contributed by atoms with Gasteiger partial charge in [-0.15, -0.1) is 11.3 Å². The summed E-state index contributed by atoms with van der Waals surface area (Å²) in [4.78, 5) is 13.6. The van der Waals surface area contributed by atoms with Gasteiger partial charge in [0.05, 0.1) is 12.0 Å². The Labute approximate surface area is 113 Å². The average Bonchev–Trinajstić information content (AvgIpc) is 2.95. The third-order valence-corrected chi connectivity index (χ3v) is 4.62. The highest BCUT2D eigenvalue weighted by atomic mass is 32.1. The quantitative estimate of drug-likeness (QED) is 0.878. The second-order valence-electron chi connectivity index (χ2n) is 5.49. The molecule has 3 atom stereocenters. The van der Waals surface area contributed by atoms with Crippen LogP contribution in [0.15, 0.2) is 17.5 Å². The maximum absolute atomic E-state index is 12.3. The van der Waals surface area contributed by atoms with Crippen LogP contribution in [0, 0.1) is 17.8 Å². The highest BCUT2D eigenvalue weighted by molar-refractivity contribution is 7.10. The zero-order chi connectivity index (χ0) is 13.1. The predicted molar refractivity (Wildman–Crippen MR) is 75.6 cm³/mol. The van der Waals surface area contributed by atoms with Crippen LogP contribution in [0.3, 0.4) is 0 Å². The number of carbonyl (C=O) groups excluding carboxylic acids is 1. The summed E-state index contributed by atoms with van der Waals surface area (Å²) in [7, 11) is 0. The van der Waals surface area contributed by atoms with E-state index in [4.69, 9.17) is 0 Å². The molecule has 3 nitrogen and oxygen atoms in total. The molecule has 1 aliphatic rings. The van der Waals surface area contributed by atoms with Gasteiger partial charge in [0.2, 0.25) is 5.91 Å². The van der Waals surface area contributed by atoms with E-state index in [9.17, 15) is 4.79 Å². The Kier molecular flexibility index (Phi) is 4.40. The molecule has 0 aliphatic carbocycles. The van der Waals surface area contributed by atoms with E-state index in [0.29, 0.717) is 11.8 Å². The summed E-state index contributed by atoms with van der Waals surface area (Å²) < 4.78 is 0. The van der Waals surface area contributed by atoms with E-state index in [1.165, 1.54) is 4.88 Å². The zero-order valence-electron chi connectivity index (χ0n) is 11.3. The Morgan fingerprint density at radius 3 is 2.78 bits per heavy atom. The van der Waals surface area contributed by atoms with Crippen LogP contribution < -0.4 is 10.6 Å². The summed E-state index contributed by atoms with van der Waals surface area (Å²) in [5.74, 6) is 1.16. The van der Waals surface area contributed by atoms with Crippen molar-refractivity contribution in [2.75, 3.05) is 13.1 Å². The second-order valence-corrected chi connectivity index (χ2v) is 6.47. The standard InChI is InChI=1S/C14H22N2OS/c1-9(2)13(12-5-4-6-18-12)16-14(17)11-8-15-7-10(11)3/h4-6,9-11,13,15H,7-8H2,1-3H3,(H,16,17)/t10-,11-,13?/m1/s1. The van der Waals surface area contributed by atoms with Gasteiger partial charge in [-0.25, -0.2) is 0 Å². The summed E-state index contributed by atoms with van der Waals surface area (Å²) >= 11 is 1.71. The van der Waals surface area contributed by atoms with Gasteiger partial charge >= 0.3 is 0 Å². The summed E-state index contributed by atoms with van der Waals surface area (Å²) in [5.41, 5.74) is 0. The Hall–Kier alpha value is -0.870. The number of carbonyl (C=O) groups is 1. The molecule has 0 spiro atoms. The van der Waals surface area contributed by atoms with Crippen molar-refractivity contribution in [3.05, 3.63) is 22.4 Å². The lowest BCUT2D eigenvalue weighted by Gasteiger charge is -2.24. The lowest BCUT2D eigenvalue weighted by atomic mass is 9.95. The van der Waals surface area contributed by atoms with E-state index in [1.807, 2.05) is 6.07 Å². The number of nitrogens with one attached hydrogen (secondary N) is 2. The number of rotatable bonds is 4. The van der Waals surface area contributed by atoms with Crippen molar-refractivity contribution in [2.45, 2.75) is 26.8 Å². The van der Waals surface area contributed by atoms with Gasteiger partial charge in [0.15, 0.2) is 0 Å². The Bertz CT molecular complexity index is 389. The Morgan fingerprint density at radius 2 is 2.28 bits per heavy atom. The molecule has 0 saturated carbocycles. The molecule has 0 bridgehead atoms. The first kappa shape index (κ1) is 13.6. The van der Waals surface area contributed by atoms with E-state index in [-0.39, 0.29) is 17.9 Å². The van der Waals surface area contributed by atoms with Crippen LogP contribution in [0.1, 0.15) is 31.7 Å².